The molecule has 0 unspecified atom stereocenters. The second-order valence-electron chi connectivity index (χ2n) is 4.24. The summed E-state index contributed by atoms with van der Waals surface area (Å²) in [4.78, 5) is 0. The van der Waals surface area contributed by atoms with Gasteiger partial charge in [-0.2, -0.15) is 0 Å². The molecule has 1 aromatic heterocycles. The Morgan fingerprint density at radius 1 is 1.05 bits per heavy atom. The predicted octanol–water partition coefficient (Wildman–Crippen LogP) is 4.49. The van der Waals surface area contributed by atoms with Gasteiger partial charge in [0.05, 0.1) is 15.6 Å². The molecule has 0 saturated heterocycles. The standard InChI is InChI=1S/C15H10BrFN2O/c16-11-8-4-7-10(13(11)17)14-12(15(18)19-20-14)9-5-2-1-3-6-9/h1-8H,(H2,18,19). The van der Waals surface area contributed by atoms with Crippen LogP contribution in [0.4, 0.5) is 10.2 Å². The molecule has 3 aromatic rings. The third-order valence-corrected chi connectivity index (χ3v) is 3.59. The van der Waals surface area contributed by atoms with Crippen LogP contribution in [0.3, 0.4) is 0 Å². The molecule has 0 radical (unpaired) electrons. The highest BCUT2D eigenvalue weighted by Crippen LogP contribution is 2.38. The predicted molar refractivity (Wildman–Crippen MR) is 79.4 cm³/mol. The Morgan fingerprint density at radius 3 is 2.55 bits per heavy atom. The summed E-state index contributed by atoms with van der Waals surface area (Å²) < 4.78 is 19.8. The quantitative estimate of drug-likeness (QED) is 0.752. The van der Waals surface area contributed by atoms with E-state index in [1.54, 1.807) is 18.2 Å². The summed E-state index contributed by atoms with van der Waals surface area (Å²) in [5.41, 5.74) is 7.62. The normalized spacial score (nSPS) is 10.7. The second kappa shape index (κ2) is 5.09. The third kappa shape index (κ3) is 2.10. The van der Waals surface area contributed by atoms with Crippen LogP contribution in [0.5, 0.6) is 0 Å². The van der Waals surface area contributed by atoms with Crippen LogP contribution >= 0.6 is 15.9 Å². The van der Waals surface area contributed by atoms with E-state index in [-0.39, 0.29) is 5.82 Å². The number of rotatable bonds is 2. The lowest BCUT2D eigenvalue weighted by Crippen LogP contribution is -1.90. The van der Waals surface area contributed by atoms with Gasteiger partial charge in [0, 0.05) is 0 Å². The van der Waals surface area contributed by atoms with Crippen molar-refractivity contribution in [3.05, 3.63) is 58.8 Å². The molecule has 3 rings (SSSR count). The molecule has 1 heterocycles. The van der Waals surface area contributed by atoms with E-state index >= 15 is 0 Å². The fourth-order valence-electron chi connectivity index (χ4n) is 2.05. The minimum atomic E-state index is -0.402. The van der Waals surface area contributed by atoms with Crippen molar-refractivity contribution in [1.29, 1.82) is 0 Å². The zero-order valence-electron chi connectivity index (χ0n) is 10.3. The van der Waals surface area contributed by atoms with Gasteiger partial charge >= 0.3 is 0 Å². The molecule has 0 aliphatic rings. The van der Waals surface area contributed by atoms with E-state index < -0.39 is 5.82 Å². The fraction of sp³-hybridized carbons (Fsp3) is 0. The molecule has 0 aliphatic carbocycles. The van der Waals surface area contributed by atoms with E-state index in [1.807, 2.05) is 30.3 Å². The van der Waals surface area contributed by atoms with Gasteiger partial charge in [-0.3, -0.25) is 0 Å². The van der Waals surface area contributed by atoms with Crippen LogP contribution in [0.15, 0.2) is 57.5 Å². The summed E-state index contributed by atoms with van der Waals surface area (Å²) in [6, 6.07) is 14.4. The van der Waals surface area contributed by atoms with Crippen molar-refractivity contribution < 1.29 is 8.91 Å². The van der Waals surface area contributed by atoms with E-state index in [9.17, 15) is 4.39 Å². The lowest BCUT2D eigenvalue weighted by atomic mass is 10.0. The van der Waals surface area contributed by atoms with Gasteiger partial charge < -0.3 is 10.3 Å². The maximum Gasteiger partial charge on any atom is 0.179 e. The number of nitrogen functional groups attached to an aromatic ring is 1. The van der Waals surface area contributed by atoms with Crippen LogP contribution in [0.2, 0.25) is 0 Å². The van der Waals surface area contributed by atoms with Gasteiger partial charge in [0.1, 0.15) is 5.82 Å². The lowest BCUT2D eigenvalue weighted by molar-refractivity contribution is 0.433. The first kappa shape index (κ1) is 12.9. The summed E-state index contributed by atoms with van der Waals surface area (Å²) in [5.74, 6) is 0.166. The monoisotopic (exact) mass is 332 g/mol. The molecular formula is C15H10BrFN2O. The molecule has 0 atom stereocenters. The smallest absolute Gasteiger partial charge is 0.179 e. The number of benzene rings is 2. The first-order chi connectivity index (χ1) is 9.68. The van der Waals surface area contributed by atoms with Gasteiger partial charge in [0.25, 0.3) is 0 Å². The molecule has 5 heteroatoms. The molecule has 0 aliphatic heterocycles. The molecule has 3 nitrogen and oxygen atoms in total. The van der Waals surface area contributed by atoms with Gasteiger partial charge in [-0.25, -0.2) is 4.39 Å². The summed E-state index contributed by atoms with van der Waals surface area (Å²) in [6.07, 6.45) is 0. The Labute approximate surface area is 123 Å². The summed E-state index contributed by atoms with van der Waals surface area (Å²) in [6.45, 7) is 0. The van der Waals surface area contributed by atoms with Crippen molar-refractivity contribution >= 4 is 21.7 Å². The molecule has 0 fully saturated rings. The SMILES string of the molecule is Nc1noc(-c2cccc(Br)c2F)c1-c1ccccc1. The topological polar surface area (TPSA) is 52.0 Å². The molecule has 0 spiro atoms. The number of anilines is 1. The number of aromatic nitrogens is 1. The molecule has 20 heavy (non-hydrogen) atoms. The Balaban J connectivity index is 2.24. The van der Waals surface area contributed by atoms with Crippen molar-refractivity contribution in [2.45, 2.75) is 0 Å². The van der Waals surface area contributed by atoms with E-state index in [0.29, 0.717) is 21.4 Å². The number of nitrogens with two attached hydrogens (primary N) is 1. The minimum Gasteiger partial charge on any atom is -0.380 e. The Hall–Kier alpha value is -2.14. The molecule has 0 amide bonds. The Kier molecular flexibility index (Phi) is 3.28. The average molecular weight is 333 g/mol. The zero-order chi connectivity index (χ0) is 14.1. The third-order valence-electron chi connectivity index (χ3n) is 2.98. The van der Waals surface area contributed by atoms with Crippen LogP contribution in [-0.4, -0.2) is 5.16 Å². The van der Waals surface area contributed by atoms with E-state index in [1.165, 1.54) is 0 Å². The van der Waals surface area contributed by atoms with Crippen molar-refractivity contribution in [2.24, 2.45) is 0 Å². The molecule has 100 valence electrons. The highest BCUT2D eigenvalue weighted by Gasteiger charge is 2.21. The Morgan fingerprint density at radius 2 is 1.80 bits per heavy atom. The van der Waals surface area contributed by atoms with Gasteiger partial charge in [-0.15, -0.1) is 0 Å². The molecule has 0 saturated carbocycles. The molecule has 0 bridgehead atoms. The summed E-state index contributed by atoms with van der Waals surface area (Å²) in [7, 11) is 0. The van der Waals surface area contributed by atoms with Gasteiger partial charge in [-0.05, 0) is 33.6 Å². The Bertz CT molecular complexity index is 756. The number of hydrogen-bond donors (Lipinski definition) is 1. The van der Waals surface area contributed by atoms with Crippen LogP contribution in [0.25, 0.3) is 22.5 Å². The van der Waals surface area contributed by atoms with Crippen LogP contribution < -0.4 is 5.73 Å². The van der Waals surface area contributed by atoms with Crippen molar-refractivity contribution in [3.8, 4) is 22.5 Å². The van der Waals surface area contributed by atoms with Crippen molar-refractivity contribution in [1.82, 2.24) is 5.16 Å². The fourth-order valence-corrected chi connectivity index (χ4v) is 2.42. The van der Waals surface area contributed by atoms with Gasteiger partial charge in [0.15, 0.2) is 11.6 Å². The number of hydrogen-bond acceptors (Lipinski definition) is 3. The lowest BCUT2D eigenvalue weighted by Gasteiger charge is -2.04. The summed E-state index contributed by atoms with van der Waals surface area (Å²) in [5, 5.41) is 3.76. The first-order valence-electron chi connectivity index (χ1n) is 5.93. The van der Waals surface area contributed by atoms with E-state index in [4.69, 9.17) is 10.3 Å². The average Bonchev–Trinajstić information content (AvgIpc) is 2.84. The zero-order valence-corrected chi connectivity index (χ0v) is 11.9. The van der Waals surface area contributed by atoms with Crippen molar-refractivity contribution in [3.63, 3.8) is 0 Å². The van der Waals surface area contributed by atoms with Crippen LogP contribution in [0.1, 0.15) is 0 Å². The molecule has 2 aromatic carbocycles. The van der Waals surface area contributed by atoms with Crippen molar-refractivity contribution in [2.75, 3.05) is 5.73 Å². The van der Waals surface area contributed by atoms with Gasteiger partial charge in [-0.1, -0.05) is 41.6 Å². The summed E-state index contributed by atoms with van der Waals surface area (Å²) >= 11 is 3.16. The number of nitrogens with zero attached hydrogens (tertiary/aromatic N) is 1. The second-order valence-corrected chi connectivity index (χ2v) is 5.09. The highest BCUT2D eigenvalue weighted by atomic mass is 79.9. The largest absolute Gasteiger partial charge is 0.380 e. The van der Waals surface area contributed by atoms with Gasteiger partial charge in [0.2, 0.25) is 0 Å². The maximum atomic E-state index is 14.2. The number of halogens is 2. The maximum absolute atomic E-state index is 14.2. The first-order valence-corrected chi connectivity index (χ1v) is 6.72. The molecule has 2 N–H and O–H groups in total. The van der Waals surface area contributed by atoms with Crippen LogP contribution in [0, 0.1) is 5.82 Å². The van der Waals surface area contributed by atoms with E-state index in [0.717, 1.165) is 5.56 Å². The van der Waals surface area contributed by atoms with E-state index in [2.05, 4.69) is 21.1 Å². The minimum absolute atomic E-state index is 0.241. The van der Waals surface area contributed by atoms with Crippen LogP contribution in [-0.2, 0) is 0 Å². The highest BCUT2D eigenvalue weighted by molar-refractivity contribution is 9.10. The molecular weight excluding hydrogens is 323 g/mol.